The van der Waals surface area contributed by atoms with E-state index in [9.17, 15) is 0 Å². The molecule has 0 fully saturated rings. The topological polar surface area (TPSA) is 0 Å². The fraction of sp³-hybridized carbons (Fsp3) is 0. The molecule has 0 heterocycles. The zero-order chi connectivity index (χ0) is 9.00. The van der Waals surface area contributed by atoms with Gasteiger partial charge in [-0.25, -0.2) is 0 Å². The van der Waals surface area contributed by atoms with Gasteiger partial charge in [-0.05, 0) is 0 Å². The normalized spacial score (nSPS) is 12.0. The maximum absolute atomic E-state index is 5.04. The van der Waals surface area contributed by atoms with Crippen LogP contribution in [-0.4, -0.2) is 27.7 Å². The molecule has 0 aliphatic rings. The molecule has 0 saturated heterocycles. The Bertz CT molecular complexity index is 50.2. The van der Waals surface area contributed by atoms with Crippen LogP contribution < -0.4 is 0 Å². The summed E-state index contributed by atoms with van der Waals surface area (Å²) in [5.74, 6) is 0. The molecule has 0 unspecified atom stereocenters. The van der Waals surface area contributed by atoms with Crippen molar-refractivity contribution in [1.29, 1.82) is 0 Å². The summed E-state index contributed by atoms with van der Waals surface area (Å²) in [7, 11) is 40.3. The Kier molecular flexibility index (Phi) is 11.8. The molecule has 0 aliphatic carbocycles. The van der Waals surface area contributed by atoms with Crippen molar-refractivity contribution in [2.24, 2.45) is 0 Å². The number of hydrogen-bond donors (Lipinski definition) is 0. The zero-order valence-corrected chi connectivity index (χ0v) is 15.8. The Balaban J connectivity index is 0. The molecular weight excluding hydrogens is 521 g/mol. The molecule has 0 nitrogen and oxygen atoms in total. The Labute approximate surface area is 96.8 Å². The molecule has 0 aromatic rings. The second kappa shape index (κ2) is 7.24. The summed E-state index contributed by atoms with van der Waals surface area (Å²) in [4.78, 5) is 0. The minimum absolute atomic E-state index is 3.29. The van der Waals surface area contributed by atoms with E-state index < -0.39 is 27.7 Å². The van der Waals surface area contributed by atoms with Crippen molar-refractivity contribution in [3.63, 3.8) is 0 Å². The first-order valence-electron chi connectivity index (χ1n) is 1.51. The van der Waals surface area contributed by atoms with Crippen LogP contribution in [0.3, 0.4) is 0 Å². The van der Waals surface area contributed by atoms with E-state index in [4.69, 9.17) is 71.4 Å². The molecular formula is Cl8Sn2. The third kappa shape index (κ3) is 92.6. The fourth-order valence-electron chi connectivity index (χ4n) is 0. The van der Waals surface area contributed by atoms with Crippen molar-refractivity contribution >= 4 is 99.1 Å². The standard InChI is InChI=1S/8ClH.2Sn/h8*1H;;/q;;;;;;;;2*+4/p-8. The molecule has 0 N–H and O–H groups in total. The van der Waals surface area contributed by atoms with Gasteiger partial charge in [-0.15, -0.1) is 0 Å². The van der Waals surface area contributed by atoms with E-state index in [1.165, 1.54) is 0 Å². The molecule has 0 spiro atoms. The van der Waals surface area contributed by atoms with Gasteiger partial charge in [0.15, 0.2) is 0 Å². The predicted octanol–water partition coefficient (Wildman–Crippen LogP) is 4.75. The molecule has 0 bridgehead atoms. The number of halogens is 8. The molecule has 64 valence electrons. The van der Waals surface area contributed by atoms with Crippen LogP contribution in [0.1, 0.15) is 0 Å². The minimum atomic E-state index is -3.29. The number of hydrogen-bond acceptors (Lipinski definition) is 0. The van der Waals surface area contributed by atoms with Gasteiger partial charge in [-0.1, -0.05) is 0 Å². The van der Waals surface area contributed by atoms with E-state index >= 15 is 0 Å². The Morgan fingerprint density at radius 1 is 0.400 bits per heavy atom. The summed E-state index contributed by atoms with van der Waals surface area (Å²) in [6.07, 6.45) is 0. The van der Waals surface area contributed by atoms with Crippen molar-refractivity contribution < 1.29 is 0 Å². The van der Waals surface area contributed by atoms with Crippen LogP contribution in [0.5, 0.6) is 0 Å². The molecule has 0 aromatic carbocycles. The SMILES string of the molecule is [Cl][Sn]([Cl])([Cl])[Cl].[Cl][Sn]([Cl])([Cl])[Cl]. The average molecular weight is 521 g/mol. The summed E-state index contributed by atoms with van der Waals surface area (Å²) in [5, 5.41) is 0. The van der Waals surface area contributed by atoms with Gasteiger partial charge in [-0.2, -0.15) is 0 Å². The van der Waals surface area contributed by atoms with Crippen molar-refractivity contribution in [3.8, 4) is 0 Å². The monoisotopic (exact) mass is 520 g/mol. The van der Waals surface area contributed by atoms with Crippen molar-refractivity contribution in [3.05, 3.63) is 0 Å². The second-order valence-corrected chi connectivity index (χ2v) is 51.7. The van der Waals surface area contributed by atoms with Crippen LogP contribution in [0, 0.1) is 0 Å². The van der Waals surface area contributed by atoms with Crippen LogP contribution >= 0.6 is 71.4 Å². The molecule has 0 saturated carbocycles. The molecule has 0 atom stereocenters. The van der Waals surface area contributed by atoms with E-state index in [1.54, 1.807) is 0 Å². The second-order valence-electron chi connectivity index (χ2n) is 0.857. The molecule has 0 rings (SSSR count). The average Bonchev–Trinajstić information content (AvgIpc) is 1.12. The van der Waals surface area contributed by atoms with Crippen LogP contribution in [0.2, 0.25) is 0 Å². The van der Waals surface area contributed by atoms with Gasteiger partial charge in [0.2, 0.25) is 0 Å². The van der Waals surface area contributed by atoms with E-state index in [0.29, 0.717) is 0 Å². The molecule has 10 heavy (non-hydrogen) atoms. The Morgan fingerprint density at radius 2 is 0.400 bits per heavy atom. The van der Waals surface area contributed by atoms with E-state index in [1.807, 2.05) is 0 Å². The Morgan fingerprint density at radius 3 is 0.400 bits per heavy atom. The summed E-state index contributed by atoms with van der Waals surface area (Å²) in [6, 6.07) is 0. The van der Waals surface area contributed by atoms with Gasteiger partial charge < -0.3 is 0 Å². The van der Waals surface area contributed by atoms with Crippen molar-refractivity contribution in [2.75, 3.05) is 0 Å². The third-order valence-corrected chi connectivity index (χ3v) is 0. The zero-order valence-electron chi connectivity index (χ0n) is 4.02. The number of rotatable bonds is 0. The molecule has 0 aliphatic heterocycles. The van der Waals surface area contributed by atoms with Crippen LogP contribution in [0.4, 0.5) is 0 Å². The first kappa shape index (κ1) is 16.4. The fourth-order valence-corrected chi connectivity index (χ4v) is 0. The quantitative estimate of drug-likeness (QED) is 0.404. The summed E-state index contributed by atoms with van der Waals surface area (Å²) in [6.45, 7) is 0. The summed E-state index contributed by atoms with van der Waals surface area (Å²) in [5.41, 5.74) is 0. The van der Waals surface area contributed by atoms with Crippen molar-refractivity contribution in [1.82, 2.24) is 0 Å². The van der Waals surface area contributed by atoms with Crippen LogP contribution in [0.15, 0.2) is 0 Å². The first-order chi connectivity index (χ1) is 4.00. The van der Waals surface area contributed by atoms with Gasteiger partial charge in [0.05, 0.1) is 0 Å². The van der Waals surface area contributed by atoms with E-state index in [0.717, 1.165) is 0 Å². The van der Waals surface area contributed by atoms with Gasteiger partial charge in [0.1, 0.15) is 0 Å². The van der Waals surface area contributed by atoms with Gasteiger partial charge in [-0.3, -0.25) is 0 Å². The van der Waals surface area contributed by atoms with E-state index in [-0.39, 0.29) is 0 Å². The van der Waals surface area contributed by atoms with Gasteiger partial charge in [0.25, 0.3) is 0 Å². The molecule has 10 heteroatoms. The third-order valence-electron chi connectivity index (χ3n) is 0. The maximum atomic E-state index is 5.04. The predicted molar refractivity (Wildman–Crippen MR) is 58.3 cm³/mol. The summed E-state index contributed by atoms with van der Waals surface area (Å²) >= 11 is -6.58. The Hall–Kier alpha value is 3.92. The van der Waals surface area contributed by atoms with Crippen LogP contribution in [-0.2, 0) is 0 Å². The summed E-state index contributed by atoms with van der Waals surface area (Å²) < 4.78 is 0. The van der Waals surface area contributed by atoms with Gasteiger partial charge >= 0.3 is 99.1 Å². The van der Waals surface area contributed by atoms with E-state index in [2.05, 4.69) is 0 Å². The van der Waals surface area contributed by atoms with Gasteiger partial charge in [0, 0.05) is 0 Å². The van der Waals surface area contributed by atoms with Crippen LogP contribution in [0.25, 0.3) is 0 Å². The molecule has 0 radical (unpaired) electrons. The van der Waals surface area contributed by atoms with Crippen molar-refractivity contribution in [2.45, 2.75) is 0 Å². The first-order valence-corrected chi connectivity index (χ1v) is 30.4. The molecule has 0 amide bonds. The molecule has 0 aromatic heterocycles.